The van der Waals surface area contributed by atoms with Crippen molar-refractivity contribution in [3.63, 3.8) is 0 Å². The minimum atomic E-state index is 0.0121. The van der Waals surface area contributed by atoms with Crippen molar-refractivity contribution in [3.05, 3.63) is 39.9 Å². The smallest absolute Gasteiger partial charge is 0.244 e. The molecule has 4 fully saturated rings. The van der Waals surface area contributed by atoms with E-state index < -0.39 is 0 Å². The first-order valence-corrected chi connectivity index (χ1v) is 9.22. The Bertz CT molecular complexity index is 632. The maximum Gasteiger partial charge on any atom is 0.244 e. The van der Waals surface area contributed by atoms with Crippen LogP contribution >= 0.6 is 23.2 Å². The van der Waals surface area contributed by atoms with E-state index in [1.165, 1.54) is 38.5 Å². The molecule has 0 unspecified atom stereocenters. The molecule has 122 valence electrons. The monoisotopic (exact) mass is 349 g/mol. The van der Waals surface area contributed by atoms with Crippen molar-refractivity contribution in [2.75, 3.05) is 0 Å². The topological polar surface area (TPSA) is 29.1 Å². The van der Waals surface area contributed by atoms with Gasteiger partial charge in [0.2, 0.25) is 5.91 Å². The van der Waals surface area contributed by atoms with Gasteiger partial charge in [-0.2, -0.15) is 0 Å². The van der Waals surface area contributed by atoms with Crippen molar-refractivity contribution in [1.29, 1.82) is 0 Å². The Morgan fingerprint density at radius 3 is 2.22 bits per heavy atom. The normalized spacial score (nSPS) is 35.0. The van der Waals surface area contributed by atoms with Crippen LogP contribution < -0.4 is 5.32 Å². The van der Waals surface area contributed by atoms with Crippen molar-refractivity contribution in [3.8, 4) is 0 Å². The summed E-state index contributed by atoms with van der Waals surface area (Å²) >= 11 is 11.9. The fourth-order valence-corrected chi connectivity index (χ4v) is 5.66. The minimum Gasteiger partial charge on any atom is -0.347 e. The fourth-order valence-electron chi connectivity index (χ4n) is 5.35. The van der Waals surface area contributed by atoms with Gasteiger partial charge < -0.3 is 5.32 Å². The zero-order valence-electron chi connectivity index (χ0n) is 13.0. The predicted octanol–water partition coefficient (Wildman–Crippen LogP) is 5.09. The van der Waals surface area contributed by atoms with Crippen LogP contribution in [0.2, 0.25) is 10.0 Å². The van der Waals surface area contributed by atoms with Gasteiger partial charge in [-0.1, -0.05) is 29.3 Å². The Hall–Kier alpha value is -0.990. The largest absolute Gasteiger partial charge is 0.347 e. The lowest BCUT2D eigenvalue weighted by molar-refractivity contribution is -0.122. The SMILES string of the molecule is O=C(C=Cc1ccc(Cl)c(Cl)c1)NC12CC3CC(CC(C3)C1)C2. The van der Waals surface area contributed by atoms with Gasteiger partial charge >= 0.3 is 0 Å². The van der Waals surface area contributed by atoms with Crippen LogP contribution in [-0.2, 0) is 4.79 Å². The molecule has 0 heterocycles. The second kappa shape index (κ2) is 5.82. The Balaban J connectivity index is 1.44. The quantitative estimate of drug-likeness (QED) is 0.756. The molecule has 1 aromatic carbocycles. The molecular weight excluding hydrogens is 329 g/mol. The van der Waals surface area contributed by atoms with E-state index in [4.69, 9.17) is 23.2 Å². The van der Waals surface area contributed by atoms with E-state index in [1.54, 1.807) is 24.3 Å². The third-order valence-corrected chi connectivity index (χ3v) is 6.54. The van der Waals surface area contributed by atoms with Crippen molar-refractivity contribution < 1.29 is 4.79 Å². The first kappa shape index (κ1) is 15.5. The lowest BCUT2D eigenvalue weighted by Crippen LogP contribution is -2.59. The summed E-state index contributed by atoms with van der Waals surface area (Å²) < 4.78 is 0. The van der Waals surface area contributed by atoms with Crippen molar-refractivity contribution in [1.82, 2.24) is 5.32 Å². The highest BCUT2D eigenvalue weighted by Crippen LogP contribution is 2.55. The van der Waals surface area contributed by atoms with Crippen LogP contribution in [-0.4, -0.2) is 11.4 Å². The molecule has 0 atom stereocenters. The highest BCUT2D eigenvalue weighted by molar-refractivity contribution is 6.42. The van der Waals surface area contributed by atoms with E-state index in [1.807, 2.05) is 6.07 Å². The number of rotatable bonds is 3. The summed E-state index contributed by atoms with van der Waals surface area (Å²) in [6.45, 7) is 0. The van der Waals surface area contributed by atoms with E-state index in [-0.39, 0.29) is 11.4 Å². The molecule has 1 amide bonds. The van der Waals surface area contributed by atoms with Crippen LogP contribution in [0.1, 0.15) is 44.1 Å². The highest BCUT2D eigenvalue weighted by atomic mass is 35.5. The Morgan fingerprint density at radius 2 is 1.65 bits per heavy atom. The summed E-state index contributed by atoms with van der Waals surface area (Å²) in [5.74, 6) is 2.51. The molecular formula is C19H21Cl2NO. The minimum absolute atomic E-state index is 0.0121. The summed E-state index contributed by atoms with van der Waals surface area (Å²) in [5.41, 5.74) is 0.952. The Labute approximate surface area is 147 Å². The number of halogens is 2. The predicted molar refractivity (Wildman–Crippen MR) is 94.5 cm³/mol. The molecule has 5 rings (SSSR count). The summed E-state index contributed by atoms with van der Waals surface area (Å²) in [6.07, 6.45) is 11.1. The van der Waals surface area contributed by atoms with Gasteiger partial charge in [-0.25, -0.2) is 0 Å². The van der Waals surface area contributed by atoms with Crippen LogP contribution in [0.15, 0.2) is 24.3 Å². The number of nitrogens with one attached hydrogen (secondary N) is 1. The standard InChI is InChI=1S/C19H21Cl2NO/c20-16-3-1-12(8-17(16)21)2-4-18(23)22-19-9-13-5-14(10-19)7-15(6-13)11-19/h1-4,8,13-15H,5-7,9-11H2,(H,22,23). The van der Waals surface area contributed by atoms with Crippen molar-refractivity contribution >= 4 is 35.2 Å². The molecule has 0 saturated heterocycles. The zero-order chi connectivity index (χ0) is 16.0. The molecule has 4 aliphatic carbocycles. The number of carbonyl (C=O) groups excluding carboxylic acids is 1. The van der Waals surface area contributed by atoms with Gasteiger partial charge in [0, 0.05) is 11.6 Å². The number of hydrogen-bond donors (Lipinski definition) is 1. The van der Waals surface area contributed by atoms with Gasteiger partial charge in [0.15, 0.2) is 0 Å². The number of hydrogen-bond acceptors (Lipinski definition) is 1. The molecule has 0 aliphatic heterocycles. The maximum absolute atomic E-state index is 12.4. The van der Waals surface area contributed by atoms with Gasteiger partial charge in [0.25, 0.3) is 0 Å². The van der Waals surface area contributed by atoms with Gasteiger partial charge in [-0.05, 0) is 80.1 Å². The van der Waals surface area contributed by atoms with Crippen LogP contribution in [0, 0.1) is 17.8 Å². The maximum atomic E-state index is 12.4. The molecule has 0 aromatic heterocycles. The second-order valence-electron chi connectivity index (χ2n) is 7.69. The molecule has 1 N–H and O–H groups in total. The average Bonchev–Trinajstić information content (AvgIpc) is 2.46. The van der Waals surface area contributed by atoms with Crippen LogP contribution in [0.25, 0.3) is 6.08 Å². The molecule has 4 saturated carbocycles. The van der Waals surface area contributed by atoms with Gasteiger partial charge in [0.1, 0.15) is 0 Å². The molecule has 0 spiro atoms. The molecule has 4 bridgehead atoms. The Kier molecular flexibility index (Phi) is 3.93. The lowest BCUT2D eigenvalue weighted by atomic mass is 9.53. The first-order chi connectivity index (χ1) is 11.0. The third kappa shape index (κ3) is 3.16. The molecule has 4 heteroatoms. The van der Waals surface area contributed by atoms with Crippen molar-refractivity contribution in [2.24, 2.45) is 17.8 Å². The van der Waals surface area contributed by atoms with Crippen LogP contribution in [0.4, 0.5) is 0 Å². The van der Waals surface area contributed by atoms with E-state index in [9.17, 15) is 4.79 Å². The zero-order valence-corrected chi connectivity index (χ0v) is 14.5. The van der Waals surface area contributed by atoms with E-state index in [2.05, 4.69) is 5.32 Å². The third-order valence-electron chi connectivity index (χ3n) is 5.80. The number of benzene rings is 1. The van der Waals surface area contributed by atoms with Crippen molar-refractivity contribution in [2.45, 2.75) is 44.1 Å². The Morgan fingerprint density at radius 1 is 1.04 bits per heavy atom. The van der Waals surface area contributed by atoms with E-state index in [0.717, 1.165) is 23.3 Å². The fraction of sp³-hybridized carbons (Fsp3) is 0.526. The first-order valence-electron chi connectivity index (χ1n) is 8.47. The summed E-state index contributed by atoms with van der Waals surface area (Å²) in [4.78, 5) is 12.4. The van der Waals surface area contributed by atoms with E-state index >= 15 is 0 Å². The molecule has 1 aromatic rings. The molecule has 4 aliphatic rings. The van der Waals surface area contributed by atoms with Gasteiger partial charge in [0.05, 0.1) is 10.0 Å². The highest BCUT2D eigenvalue weighted by Gasteiger charge is 2.51. The van der Waals surface area contributed by atoms with E-state index in [0.29, 0.717) is 10.0 Å². The summed E-state index contributed by atoms with van der Waals surface area (Å²) in [5, 5.41) is 4.38. The van der Waals surface area contributed by atoms with Gasteiger partial charge in [-0.15, -0.1) is 0 Å². The van der Waals surface area contributed by atoms with Gasteiger partial charge in [-0.3, -0.25) is 4.79 Å². The number of carbonyl (C=O) groups is 1. The number of amides is 1. The molecule has 23 heavy (non-hydrogen) atoms. The van der Waals surface area contributed by atoms with Crippen LogP contribution in [0.5, 0.6) is 0 Å². The lowest BCUT2D eigenvalue weighted by Gasteiger charge is -2.56. The molecule has 2 nitrogen and oxygen atoms in total. The second-order valence-corrected chi connectivity index (χ2v) is 8.51. The van der Waals surface area contributed by atoms with Crippen LogP contribution in [0.3, 0.4) is 0 Å². The summed E-state index contributed by atoms with van der Waals surface area (Å²) in [6, 6.07) is 5.39. The molecule has 0 radical (unpaired) electrons. The average molecular weight is 350 g/mol. The summed E-state index contributed by atoms with van der Waals surface area (Å²) in [7, 11) is 0.